The van der Waals surface area contributed by atoms with Gasteiger partial charge in [-0.2, -0.15) is 0 Å². The first-order valence-electron chi connectivity index (χ1n) is 7.81. The molecule has 0 bridgehead atoms. The number of carbonyl (C=O) groups excluding carboxylic acids is 1. The van der Waals surface area contributed by atoms with Crippen molar-refractivity contribution in [3.05, 3.63) is 35.4 Å². The summed E-state index contributed by atoms with van der Waals surface area (Å²) in [6.45, 7) is 7.84. The third kappa shape index (κ3) is 5.56. The monoisotopic (exact) mass is 319 g/mol. The zero-order valence-corrected chi connectivity index (χ0v) is 14.0. The van der Waals surface area contributed by atoms with Gasteiger partial charge >= 0.3 is 6.09 Å². The van der Waals surface area contributed by atoms with Crippen LogP contribution in [0.5, 0.6) is 0 Å². The summed E-state index contributed by atoms with van der Waals surface area (Å²) in [7, 11) is 0. The van der Waals surface area contributed by atoms with Crippen molar-refractivity contribution in [2.24, 2.45) is 4.99 Å². The molecule has 0 aromatic heterocycles. The lowest BCUT2D eigenvalue weighted by atomic mass is 10.1. The minimum Gasteiger partial charge on any atom is -0.444 e. The highest BCUT2D eigenvalue weighted by Crippen LogP contribution is 2.11. The van der Waals surface area contributed by atoms with Crippen LogP contribution < -0.4 is 5.32 Å². The first-order valence-corrected chi connectivity index (χ1v) is 7.81. The maximum absolute atomic E-state index is 12.1. The Labute approximate surface area is 137 Å². The van der Waals surface area contributed by atoms with Crippen molar-refractivity contribution in [2.45, 2.75) is 39.5 Å². The van der Waals surface area contributed by atoms with Crippen LogP contribution in [0.2, 0.25) is 0 Å². The van der Waals surface area contributed by atoms with E-state index >= 15 is 0 Å². The summed E-state index contributed by atoms with van der Waals surface area (Å²) in [6, 6.07) is 7.72. The molecule has 1 aliphatic heterocycles. The summed E-state index contributed by atoms with van der Waals surface area (Å²) in [5.41, 5.74) is 1.49. The molecule has 0 radical (unpaired) electrons. The van der Waals surface area contributed by atoms with E-state index < -0.39 is 5.60 Å². The highest BCUT2D eigenvalue weighted by Gasteiger charge is 2.24. The summed E-state index contributed by atoms with van der Waals surface area (Å²) in [4.78, 5) is 18.2. The van der Waals surface area contributed by atoms with Gasteiger partial charge in [0.1, 0.15) is 11.4 Å². The van der Waals surface area contributed by atoms with Crippen LogP contribution in [0.3, 0.4) is 0 Å². The second kappa shape index (κ2) is 7.46. The Morgan fingerprint density at radius 2 is 1.96 bits per heavy atom. The summed E-state index contributed by atoms with van der Waals surface area (Å²) in [5, 5.41) is 12.3. The van der Waals surface area contributed by atoms with E-state index in [1.165, 1.54) is 0 Å². The number of carbonyl (C=O) groups is 1. The molecule has 0 spiro atoms. The number of amidine groups is 1. The number of rotatable bonds is 3. The van der Waals surface area contributed by atoms with Crippen LogP contribution in [0.15, 0.2) is 29.3 Å². The third-order valence-corrected chi connectivity index (χ3v) is 3.37. The van der Waals surface area contributed by atoms with Crippen molar-refractivity contribution in [1.29, 1.82) is 0 Å². The van der Waals surface area contributed by atoms with Crippen LogP contribution in [0.4, 0.5) is 4.79 Å². The zero-order chi connectivity index (χ0) is 16.9. The molecule has 126 valence electrons. The Bertz CT molecular complexity index is 561. The van der Waals surface area contributed by atoms with Crippen molar-refractivity contribution in [2.75, 3.05) is 19.6 Å². The van der Waals surface area contributed by atoms with Gasteiger partial charge in [0.2, 0.25) is 0 Å². The van der Waals surface area contributed by atoms with E-state index in [4.69, 9.17) is 9.84 Å². The summed E-state index contributed by atoms with van der Waals surface area (Å²) < 4.78 is 5.39. The molecule has 0 fully saturated rings. The van der Waals surface area contributed by atoms with Gasteiger partial charge in [0.15, 0.2) is 0 Å². The Morgan fingerprint density at radius 1 is 1.30 bits per heavy atom. The van der Waals surface area contributed by atoms with E-state index in [9.17, 15) is 4.79 Å². The molecule has 2 N–H and O–H groups in total. The predicted octanol–water partition coefficient (Wildman–Crippen LogP) is 1.92. The molecule has 1 amide bonds. The molecular weight excluding hydrogens is 294 g/mol. The lowest BCUT2D eigenvalue weighted by molar-refractivity contribution is 0.0276. The van der Waals surface area contributed by atoms with Gasteiger partial charge in [-0.1, -0.05) is 24.3 Å². The van der Waals surface area contributed by atoms with Crippen LogP contribution in [0.25, 0.3) is 0 Å². The second-order valence-corrected chi connectivity index (χ2v) is 6.56. The summed E-state index contributed by atoms with van der Waals surface area (Å²) in [6.07, 6.45) is -0.306. The fourth-order valence-corrected chi connectivity index (χ4v) is 2.18. The van der Waals surface area contributed by atoms with Gasteiger partial charge in [-0.15, -0.1) is 0 Å². The fourth-order valence-electron chi connectivity index (χ4n) is 2.18. The number of benzene rings is 1. The third-order valence-electron chi connectivity index (χ3n) is 3.37. The second-order valence-electron chi connectivity index (χ2n) is 6.56. The quantitative estimate of drug-likeness (QED) is 0.892. The first-order chi connectivity index (χ1) is 10.9. The molecule has 1 heterocycles. The molecule has 1 aromatic rings. The number of nitrogens with zero attached hydrogens (tertiary/aromatic N) is 2. The van der Waals surface area contributed by atoms with E-state index in [2.05, 4.69) is 10.3 Å². The number of aliphatic hydroxyl groups is 1. The van der Waals surface area contributed by atoms with Crippen LogP contribution >= 0.6 is 0 Å². The average molecular weight is 319 g/mol. The van der Waals surface area contributed by atoms with Crippen molar-refractivity contribution in [1.82, 2.24) is 10.2 Å². The van der Waals surface area contributed by atoms with Crippen LogP contribution in [0.1, 0.15) is 31.9 Å². The highest BCUT2D eigenvalue weighted by molar-refractivity contribution is 5.87. The molecule has 6 nitrogen and oxygen atoms in total. The van der Waals surface area contributed by atoms with E-state index in [1.54, 1.807) is 4.90 Å². The molecule has 0 saturated heterocycles. The van der Waals surface area contributed by atoms with Gasteiger partial charge in [0.05, 0.1) is 19.7 Å². The Morgan fingerprint density at radius 3 is 2.57 bits per heavy atom. The number of aliphatic imine (C=N–C) groups is 1. The number of nitrogens with one attached hydrogen (secondary N) is 1. The molecule has 2 rings (SSSR count). The van der Waals surface area contributed by atoms with Crippen molar-refractivity contribution < 1.29 is 14.6 Å². The predicted molar refractivity (Wildman–Crippen MR) is 89.3 cm³/mol. The number of hydrogen-bond acceptors (Lipinski definition) is 5. The Kier molecular flexibility index (Phi) is 5.60. The van der Waals surface area contributed by atoms with E-state index in [0.29, 0.717) is 26.2 Å². The largest absolute Gasteiger partial charge is 0.444 e. The zero-order valence-electron chi connectivity index (χ0n) is 14.0. The average Bonchev–Trinajstić information content (AvgIpc) is 2.52. The standard InChI is InChI=1S/C17H25N3O3/c1-17(2,3)23-16(22)20-9-8-18-15(11-20)19-10-13-4-6-14(12-21)7-5-13/h4-7,21H,8-12H2,1-3H3,(H,18,19). The minimum absolute atomic E-state index is 0.0469. The van der Waals surface area contributed by atoms with E-state index in [0.717, 1.165) is 17.0 Å². The normalized spacial score (nSPS) is 15.1. The van der Waals surface area contributed by atoms with E-state index in [-0.39, 0.29) is 12.7 Å². The van der Waals surface area contributed by atoms with Crippen LogP contribution in [-0.4, -0.2) is 47.2 Å². The lowest BCUT2D eigenvalue weighted by Crippen LogP contribution is -2.47. The Balaban J connectivity index is 1.86. The maximum Gasteiger partial charge on any atom is 0.410 e. The summed E-state index contributed by atoms with van der Waals surface area (Å²) in [5.74, 6) is 0.786. The van der Waals surface area contributed by atoms with Gasteiger partial charge in [0.25, 0.3) is 0 Å². The topological polar surface area (TPSA) is 74.2 Å². The van der Waals surface area contributed by atoms with Crippen LogP contribution in [-0.2, 0) is 17.9 Å². The molecule has 1 aromatic carbocycles. The maximum atomic E-state index is 12.1. The molecule has 6 heteroatoms. The number of aliphatic hydroxyl groups excluding tert-OH is 1. The van der Waals surface area contributed by atoms with Crippen LogP contribution in [0, 0.1) is 0 Å². The molecular formula is C17H25N3O3. The van der Waals surface area contributed by atoms with Gasteiger partial charge in [-0.3, -0.25) is 9.89 Å². The first kappa shape index (κ1) is 17.3. The van der Waals surface area contributed by atoms with Crippen molar-refractivity contribution in [3.8, 4) is 0 Å². The molecule has 0 aliphatic carbocycles. The number of hydrogen-bond donors (Lipinski definition) is 2. The lowest BCUT2D eigenvalue weighted by Gasteiger charge is -2.30. The van der Waals surface area contributed by atoms with Crippen molar-refractivity contribution in [3.63, 3.8) is 0 Å². The smallest absolute Gasteiger partial charge is 0.410 e. The van der Waals surface area contributed by atoms with Crippen molar-refractivity contribution >= 4 is 11.9 Å². The van der Waals surface area contributed by atoms with Gasteiger partial charge in [0, 0.05) is 13.1 Å². The minimum atomic E-state index is -0.492. The molecule has 0 saturated carbocycles. The highest BCUT2D eigenvalue weighted by atomic mass is 16.6. The van der Waals surface area contributed by atoms with Gasteiger partial charge < -0.3 is 15.2 Å². The fraction of sp³-hybridized carbons (Fsp3) is 0.529. The molecule has 0 unspecified atom stereocenters. The SMILES string of the molecule is CC(C)(C)OC(=O)N1CCN=C(NCc2ccc(CO)cc2)C1. The van der Waals surface area contributed by atoms with Gasteiger partial charge in [-0.25, -0.2) is 4.79 Å². The number of ether oxygens (including phenoxy) is 1. The van der Waals surface area contributed by atoms with E-state index in [1.807, 2.05) is 45.0 Å². The Hall–Kier alpha value is -2.08. The summed E-state index contributed by atoms with van der Waals surface area (Å²) >= 11 is 0. The number of amides is 1. The van der Waals surface area contributed by atoms with Gasteiger partial charge in [-0.05, 0) is 31.9 Å². The molecule has 23 heavy (non-hydrogen) atoms. The molecule has 1 aliphatic rings. The molecule has 0 atom stereocenters.